The van der Waals surface area contributed by atoms with Gasteiger partial charge in [-0.05, 0) is 54.6 Å². The topological polar surface area (TPSA) is 53.7 Å². The molecule has 6 nitrogen and oxygen atoms in total. The molecule has 4 heterocycles. The van der Waals surface area contributed by atoms with E-state index in [4.69, 9.17) is 14.5 Å². The molecule has 12 aromatic rings. The van der Waals surface area contributed by atoms with Gasteiger partial charge in [-0.3, -0.25) is 0 Å². The van der Waals surface area contributed by atoms with E-state index in [1.165, 1.54) is 10.8 Å². The summed E-state index contributed by atoms with van der Waals surface area (Å²) in [7, 11) is 0. The average Bonchev–Trinajstić information content (AvgIpc) is 4.03. The number of rotatable bonds is 5. The molecule has 0 saturated heterocycles. The number of hydrogen-bond donors (Lipinski definition) is 0. The molecule has 0 aliphatic rings. The van der Waals surface area contributed by atoms with E-state index < -0.39 is 0 Å². The highest BCUT2D eigenvalue weighted by atomic mass is 16.3. The van der Waals surface area contributed by atoms with Crippen LogP contribution in [0.1, 0.15) is 0 Å². The number of furan rings is 1. The lowest BCUT2D eigenvalue weighted by molar-refractivity contribution is 0.669. The molecular weight excluding hydrogens is 687 g/mol. The molecule has 0 aliphatic carbocycles. The molecule has 0 spiro atoms. The zero-order valence-electron chi connectivity index (χ0n) is 30.0. The SMILES string of the molecule is c1ccc(-c2nc(-c3ccccc3)n(-c3ccc4c(c3)c3ccccc3n4-c3ccccc3-n3c4ccccc4c4cc5c(cc43)oc3ccccc35)n2)cc1. The number of fused-ring (bicyclic) bond motifs is 9. The van der Waals surface area contributed by atoms with Gasteiger partial charge in [0.25, 0.3) is 0 Å². The molecule has 4 aromatic heterocycles. The number of para-hydroxylation sites is 5. The molecule has 0 aliphatic heterocycles. The second kappa shape index (κ2) is 11.9. The van der Waals surface area contributed by atoms with Crippen LogP contribution in [0.25, 0.3) is 105 Å². The number of benzene rings is 8. The summed E-state index contributed by atoms with van der Waals surface area (Å²) in [4.78, 5) is 5.08. The summed E-state index contributed by atoms with van der Waals surface area (Å²) in [5.41, 5.74) is 11.3. The van der Waals surface area contributed by atoms with Crippen LogP contribution in [0.3, 0.4) is 0 Å². The molecular formula is C50H31N5O. The summed E-state index contributed by atoms with van der Waals surface area (Å²) in [5, 5.41) is 12.1. The highest BCUT2D eigenvalue weighted by Crippen LogP contribution is 2.41. The maximum Gasteiger partial charge on any atom is 0.182 e. The van der Waals surface area contributed by atoms with Crippen LogP contribution in [-0.4, -0.2) is 23.9 Å². The Kier molecular flexibility index (Phi) is 6.53. The highest BCUT2D eigenvalue weighted by molar-refractivity contribution is 6.17. The van der Waals surface area contributed by atoms with Crippen molar-refractivity contribution in [3.05, 3.63) is 188 Å². The fourth-order valence-corrected chi connectivity index (χ4v) is 8.62. The van der Waals surface area contributed by atoms with Gasteiger partial charge < -0.3 is 13.6 Å². The molecule has 56 heavy (non-hydrogen) atoms. The van der Waals surface area contributed by atoms with Crippen molar-refractivity contribution in [1.29, 1.82) is 0 Å². The Morgan fingerprint density at radius 2 is 0.929 bits per heavy atom. The normalized spacial score (nSPS) is 11.9. The molecule has 0 unspecified atom stereocenters. The van der Waals surface area contributed by atoms with E-state index in [0.717, 1.165) is 88.8 Å². The Hall–Kier alpha value is -7.70. The number of nitrogens with zero attached hydrogens (tertiary/aromatic N) is 5. The molecule has 0 atom stereocenters. The van der Waals surface area contributed by atoms with Crippen molar-refractivity contribution in [3.8, 4) is 39.8 Å². The minimum atomic E-state index is 0.687. The van der Waals surface area contributed by atoms with Gasteiger partial charge in [0.05, 0.1) is 39.1 Å². The van der Waals surface area contributed by atoms with E-state index >= 15 is 0 Å². The van der Waals surface area contributed by atoms with Gasteiger partial charge in [-0.15, -0.1) is 5.10 Å². The Morgan fingerprint density at radius 1 is 0.375 bits per heavy atom. The molecule has 6 heteroatoms. The molecule has 0 radical (unpaired) electrons. The molecule has 262 valence electrons. The molecule has 0 N–H and O–H groups in total. The first-order valence-electron chi connectivity index (χ1n) is 18.8. The second-order valence-electron chi connectivity index (χ2n) is 14.3. The third-order valence-corrected chi connectivity index (χ3v) is 11.1. The van der Waals surface area contributed by atoms with Crippen LogP contribution in [0, 0.1) is 0 Å². The van der Waals surface area contributed by atoms with Crippen LogP contribution in [0.5, 0.6) is 0 Å². The van der Waals surface area contributed by atoms with E-state index in [1.54, 1.807) is 0 Å². The van der Waals surface area contributed by atoms with Gasteiger partial charge in [-0.25, -0.2) is 9.67 Å². The van der Waals surface area contributed by atoms with E-state index in [2.05, 4.69) is 149 Å². The Morgan fingerprint density at radius 3 is 1.64 bits per heavy atom. The van der Waals surface area contributed by atoms with Gasteiger partial charge in [0, 0.05) is 49.5 Å². The van der Waals surface area contributed by atoms with E-state index in [9.17, 15) is 0 Å². The minimum Gasteiger partial charge on any atom is -0.456 e. The fourth-order valence-electron chi connectivity index (χ4n) is 8.62. The summed E-state index contributed by atoms with van der Waals surface area (Å²) in [6.07, 6.45) is 0. The predicted molar refractivity (Wildman–Crippen MR) is 228 cm³/mol. The van der Waals surface area contributed by atoms with Crippen molar-refractivity contribution in [2.75, 3.05) is 0 Å². The summed E-state index contributed by atoms with van der Waals surface area (Å²) >= 11 is 0. The van der Waals surface area contributed by atoms with E-state index in [1.807, 2.05) is 53.2 Å². The summed E-state index contributed by atoms with van der Waals surface area (Å²) < 4.78 is 13.2. The average molecular weight is 718 g/mol. The molecule has 0 saturated carbocycles. The maximum absolute atomic E-state index is 6.45. The molecule has 12 rings (SSSR count). The maximum atomic E-state index is 6.45. The van der Waals surface area contributed by atoms with Gasteiger partial charge in [0.15, 0.2) is 11.6 Å². The van der Waals surface area contributed by atoms with Crippen molar-refractivity contribution >= 4 is 65.6 Å². The van der Waals surface area contributed by atoms with Crippen molar-refractivity contribution in [3.63, 3.8) is 0 Å². The largest absolute Gasteiger partial charge is 0.456 e. The van der Waals surface area contributed by atoms with Crippen LogP contribution in [-0.2, 0) is 0 Å². The van der Waals surface area contributed by atoms with Gasteiger partial charge in [-0.1, -0.05) is 127 Å². The van der Waals surface area contributed by atoms with Gasteiger partial charge in [-0.2, -0.15) is 0 Å². The van der Waals surface area contributed by atoms with Crippen molar-refractivity contribution < 1.29 is 4.42 Å². The van der Waals surface area contributed by atoms with E-state index in [0.29, 0.717) is 5.82 Å². The number of hydrogen-bond acceptors (Lipinski definition) is 3. The lowest BCUT2D eigenvalue weighted by atomic mass is 10.1. The summed E-state index contributed by atoms with van der Waals surface area (Å²) in [6, 6.07) is 66.0. The Bertz CT molecular complexity index is 3480. The summed E-state index contributed by atoms with van der Waals surface area (Å²) in [5.74, 6) is 1.48. The van der Waals surface area contributed by atoms with E-state index in [-0.39, 0.29) is 0 Å². The Balaban J connectivity index is 1.10. The lowest BCUT2D eigenvalue weighted by Crippen LogP contribution is -2.03. The van der Waals surface area contributed by atoms with Crippen molar-refractivity contribution in [2.45, 2.75) is 0 Å². The van der Waals surface area contributed by atoms with Crippen LogP contribution < -0.4 is 0 Å². The molecule has 0 amide bonds. The standard InChI is InChI=1S/C50H31N5O/c1-3-15-32(16-4-1)49-51-50(33-17-5-2-6-18-33)55(52-49)34-27-28-43-38(29-34)35-19-7-10-22-41(35)53(43)44-24-12-13-25-45(44)54-42-23-11-8-20-36(42)39-30-40-37-21-9-14-26-47(37)56-48(40)31-46(39)54/h1-31H. The second-order valence-corrected chi connectivity index (χ2v) is 14.3. The van der Waals surface area contributed by atoms with Crippen LogP contribution in [0.15, 0.2) is 192 Å². The first-order valence-corrected chi connectivity index (χ1v) is 18.8. The lowest BCUT2D eigenvalue weighted by Gasteiger charge is -2.16. The fraction of sp³-hybridized carbons (Fsp3) is 0. The number of aromatic nitrogens is 5. The molecule has 0 fully saturated rings. The molecule has 0 bridgehead atoms. The van der Waals surface area contributed by atoms with Crippen LogP contribution in [0.2, 0.25) is 0 Å². The zero-order valence-corrected chi connectivity index (χ0v) is 30.0. The van der Waals surface area contributed by atoms with Gasteiger partial charge in [0.2, 0.25) is 0 Å². The molecule has 8 aromatic carbocycles. The first kappa shape index (κ1) is 30.7. The quantitative estimate of drug-likeness (QED) is 0.178. The summed E-state index contributed by atoms with van der Waals surface area (Å²) in [6.45, 7) is 0. The monoisotopic (exact) mass is 717 g/mol. The third-order valence-electron chi connectivity index (χ3n) is 11.1. The first-order chi connectivity index (χ1) is 27.8. The van der Waals surface area contributed by atoms with Gasteiger partial charge in [0.1, 0.15) is 11.2 Å². The van der Waals surface area contributed by atoms with Crippen molar-refractivity contribution in [1.82, 2.24) is 23.9 Å². The smallest absolute Gasteiger partial charge is 0.182 e. The predicted octanol–water partition coefficient (Wildman–Crippen LogP) is 12.7. The zero-order chi connectivity index (χ0) is 36.7. The van der Waals surface area contributed by atoms with Crippen LogP contribution >= 0.6 is 0 Å². The highest BCUT2D eigenvalue weighted by Gasteiger charge is 2.22. The van der Waals surface area contributed by atoms with Crippen molar-refractivity contribution in [2.24, 2.45) is 0 Å². The van der Waals surface area contributed by atoms with Crippen LogP contribution in [0.4, 0.5) is 0 Å². The Labute approximate surface area is 320 Å². The minimum absolute atomic E-state index is 0.687. The van der Waals surface area contributed by atoms with Gasteiger partial charge >= 0.3 is 0 Å². The third kappa shape index (κ3) is 4.50.